The molecule has 1 saturated heterocycles. The van der Waals surface area contributed by atoms with Crippen LogP contribution in [-0.4, -0.2) is 51.6 Å². The molecule has 2 aromatic carbocycles. The van der Waals surface area contributed by atoms with Crippen LogP contribution in [0.3, 0.4) is 0 Å². The second-order valence-corrected chi connectivity index (χ2v) is 8.75. The molecular formula is C20H22F3N3O4S. The molecule has 0 unspecified atom stereocenters. The average Bonchev–Trinajstić information content (AvgIpc) is 2.74. The van der Waals surface area contributed by atoms with Crippen LogP contribution in [0, 0.1) is 0 Å². The molecule has 168 valence electrons. The van der Waals surface area contributed by atoms with Crippen LogP contribution >= 0.6 is 0 Å². The van der Waals surface area contributed by atoms with Crippen molar-refractivity contribution in [2.24, 2.45) is 0 Å². The number of hydrogen-bond acceptors (Lipinski definition) is 5. The van der Waals surface area contributed by atoms with E-state index in [1.165, 1.54) is 34.6 Å². The Balaban J connectivity index is 1.65. The molecule has 0 aliphatic carbocycles. The molecule has 1 heterocycles. The van der Waals surface area contributed by atoms with E-state index in [1.807, 2.05) is 0 Å². The first-order valence-corrected chi connectivity index (χ1v) is 11.0. The zero-order chi connectivity index (χ0) is 22.6. The minimum atomic E-state index is -4.44. The molecule has 0 bridgehead atoms. The molecule has 1 amide bonds. The van der Waals surface area contributed by atoms with Gasteiger partial charge in [-0.3, -0.25) is 5.32 Å². The van der Waals surface area contributed by atoms with Crippen molar-refractivity contribution in [2.75, 3.05) is 43.0 Å². The third-order valence-corrected chi connectivity index (χ3v) is 6.70. The minimum absolute atomic E-state index is 0.0643. The number of hydrogen-bond donors (Lipinski definition) is 1. The zero-order valence-electron chi connectivity index (χ0n) is 16.7. The van der Waals surface area contributed by atoms with E-state index < -0.39 is 27.9 Å². The summed E-state index contributed by atoms with van der Waals surface area (Å²) in [6, 6.07) is 10.7. The molecule has 0 spiro atoms. The number of carbonyl (C=O) groups is 1. The standard InChI is InChI=1S/C20H22F3N3O4S/c1-2-30-19(27)24-16-6-8-18(9-7-16)31(28,29)26-12-10-25(11-13-26)17-5-3-4-15(14-17)20(21,22)23/h3-9,14H,2,10-13H2,1H3,(H,24,27). The second-order valence-electron chi connectivity index (χ2n) is 6.81. The monoisotopic (exact) mass is 457 g/mol. The van der Waals surface area contributed by atoms with Crippen molar-refractivity contribution in [3.05, 3.63) is 54.1 Å². The Morgan fingerprint density at radius 1 is 1.06 bits per heavy atom. The molecule has 0 radical (unpaired) electrons. The van der Waals surface area contributed by atoms with E-state index in [0.717, 1.165) is 12.1 Å². The summed E-state index contributed by atoms with van der Waals surface area (Å²) in [5.41, 5.74) is 0.0598. The van der Waals surface area contributed by atoms with Crippen molar-refractivity contribution < 1.29 is 31.1 Å². The topological polar surface area (TPSA) is 78.9 Å². The fourth-order valence-corrected chi connectivity index (χ4v) is 4.63. The number of ether oxygens (including phenoxy) is 1. The summed E-state index contributed by atoms with van der Waals surface area (Å²) in [5, 5.41) is 2.48. The van der Waals surface area contributed by atoms with Crippen LogP contribution in [0.1, 0.15) is 12.5 Å². The highest BCUT2D eigenvalue weighted by atomic mass is 32.2. The van der Waals surface area contributed by atoms with E-state index in [9.17, 15) is 26.4 Å². The highest BCUT2D eigenvalue weighted by Crippen LogP contribution is 2.32. The van der Waals surface area contributed by atoms with Gasteiger partial charge in [0.05, 0.1) is 17.1 Å². The van der Waals surface area contributed by atoms with E-state index in [0.29, 0.717) is 11.4 Å². The van der Waals surface area contributed by atoms with E-state index in [4.69, 9.17) is 4.74 Å². The lowest BCUT2D eigenvalue weighted by molar-refractivity contribution is -0.137. The fraction of sp³-hybridized carbons (Fsp3) is 0.350. The third-order valence-electron chi connectivity index (χ3n) is 4.79. The number of anilines is 2. The van der Waals surface area contributed by atoms with Gasteiger partial charge >= 0.3 is 12.3 Å². The van der Waals surface area contributed by atoms with Crippen molar-refractivity contribution in [3.63, 3.8) is 0 Å². The maximum atomic E-state index is 12.9. The van der Waals surface area contributed by atoms with Crippen molar-refractivity contribution in [2.45, 2.75) is 18.0 Å². The number of piperazine rings is 1. The summed E-state index contributed by atoms with van der Waals surface area (Å²) in [4.78, 5) is 13.2. The Morgan fingerprint density at radius 3 is 2.29 bits per heavy atom. The summed E-state index contributed by atoms with van der Waals surface area (Å²) in [6.45, 7) is 2.70. The Bertz CT molecular complexity index is 1020. The molecule has 0 aromatic heterocycles. The number of amides is 1. The van der Waals surface area contributed by atoms with Crippen LogP contribution in [0.4, 0.5) is 29.3 Å². The Morgan fingerprint density at radius 2 is 1.71 bits per heavy atom. The highest BCUT2D eigenvalue weighted by molar-refractivity contribution is 7.89. The van der Waals surface area contributed by atoms with Crippen molar-refractivity contribution in [3.8, 4) is 0 Å². The third kappa shape index (κ3) is 5.47. The van der Waals surface area contributed by atoms with Gasteiger partial charge in [-0.15, -0.1) is 0 Å². The number of benzene rings is 2. The number of nitrogens with zero attached hydrogens (tertiary/aromatic N) is 2. The number of halogens is 3. The summed E-state index contributed by atoms with van der Waals surface area (Å²) < 4.78 is 70.7. The van der Waals surface area contributed by atoms with Gasteiger partial charge in [0, 0.05) is 37.6 Å². The van der Waals surface area contributed by atoms with Gasteiger partial charge in [0.15, 0.2) is 0 Å². The predicted octanol–water partition coefficient (Wildman–Crippen LogP) is 3.78. The molecular weight excluding hydrogens is 435 g/mol. The maximum Gasteiger partial charge on any atom is 0.416 e. The second kappa shape index (κ2) is 9.15. The summed E-state index contributed by atoms with van der Waals surface area (Å²) in [5.74, 6) is 0. The van der Waals surface area contributed by atoms with Crippen LogP contribution in [-0.2, 0) is 20.9 Å². The van der Waals surface area contributed by atoms with Crippen molar-refractivity contribution in [1.29, 1.82) is 0 Å². The molecule has 2 aromatic rings. The number of carbonyl (C=O) groups excluding carboxylic acids is 1. The number of sulfonamides is 1. The molecule has 7 nitrogen and oxygen atoms in total. The summed E-state index contributed by atoms with van der Waals surface area (Å²) in [7, 11) is -3.77. The van der Waals surface area contributed by atoms with Crippen LogP contribution in [0.25, 0.3) is 0 Å². The van der Waals surface area contributed by atoms with Gasteiger partial charge in [-0.2, -0.15) is 17.5 Å². The number of rotatable bonds is 5. The molecule has 1 aliphatic heterocycles. The maximum absolute atomic E-state index is 12.9. The van der Waals surface area contributed by atoms with E-state index in [2.05, 4.69) is 5.32 Å². The normalized spacial score (nSPS) is 15.5. The van der Waals surface area contributed by atoms with Crippen LogP contribution in [0.15, 0.2) is 53.4 Å². The summed E-state index contributed by atoms with van der Waals surface area (Å²) in [6.07, 6.45) is -5.07. The molecule has 1 aliphatic rings. The van der Waals surface area contributed by atoms with Gasteiger partial charge in [0.1, 0.15) is 0 Å². The Labute approximate surface area is 178 Å². The Hall–Kier alpha value is -2.79. The largest absolute Gasteiger partial charge is 0.450 e. The molecule has 1 fully saturated rings. The molecule has 31 heavy (non-hydrogen) atoms. The summed E-state index contributed by atoms with van der Waals surface area (Å²) >= 11 is 0. The van der Waals surface area contributed by atoms with Gasteiger partial charge in [-0.25, -0.2) is 13.2 Å². The van der Waals surface area contributed by atoms with Gasteiger partial charge in [-0.1, -0.05) is 6.07 Å². The molecule has 0 saturated carbocycles. The van der Waals surface area contributed by atoms with Crippen LogP contribution < -0.4 is 10.2 Å². The smallest absolute Gasteiger partial charge is 0.416 e. The van der Waals surface area contributed by atoms with Crippen LogP contribution in [0.5, 0.6) is 0 Å². The number of nitrogens with one attached hydrogen (secondary N) is 1. The first-order valence-electron chi connectivity index (χ1n) is 9.57. The SMILES string of the molecule is CCOC(=O)Nc1ccc(S(=O)(=O)N2CCN(c3cccc(C(F)(F)F)c3)CC2)cc1. The molecule has 1 N–H and O–H groups in total. The first kappa shape index (κ1) is 22.9. The lowest BCUT2D eigenvalue weighted by atomic mass is 10.1. The van der Waals surface area contributed by atoms with Gasteiger partial charge < -0.3 is 9.64 Å². The van der Waals surface area contributed by atoms with Crippen molar-refractivity contribution in [1.82, 2.24) is 4.31 Å². The minimum Gasteiger partial charge on any atom is -0.450 e. The quantitative estimate of drug-likeness (QED) is 0.739. The van der Waals surface area contributed by atoms with Gasteiger partial charge in [-0.05, 0) is 49.4 Å². The fourth-order valence-electron chi connectivity index (χ4n) is 3.21. The zero-order valence-corrected chi connectivity index (χ0v) is 17.5. The van der Waals surface area contributed by atoms with Crippen LogP contribution in [0.2, 0.25) is 0 Å². The predicted molar refractivity (Wildman–Crippen MR) is 110 cm³/mol. The van der Waals surface area contributed by atoms with Crippen molar-refractivity contribution >= 4 is 27.5 Å². The molecule has 3 rings (SSSR count). The van der Waals surface area contributed by atoms with Gasteiger partial charge in [0.2, 0.25) is 10.0 Å². The first-order chi connectivity index (χ1) is 14.6. The average molecular weight is 457 g/mol. The Kier molecular flexibility index (Phi) is 6.75. The lowest BCUT2D eigenvalue weighted by Gasteiger charge is -2.35. The number of alkyl halides is 3. The molecule has 0 atom stereocenters. The van der Waals surface area contributed by atoms with E-state index >= 15 is 0 Å². The highest BCUT2D eigenvalue weighted by Gasteiger charge is 2.32. The van der Waals surface area contributed by atoms with E-state index in [-0.39, 0.29) is 37.7 Å². The lowest BCUT2D eigenvalue weighted by Crippen LogP contribution is -2.48. The molecule has 11 heteroatoms. The van der Waals surface area contributed by atoms with E-state index in [1.54, 1.807) is 17.9 Å². The van der Waals surface area contributed by atoms with Gasteiger partial charge in [0.25, 0.3) is 0 Å².